The summed E-state index contributed by atoms with van der Waals surface area (Å²) in [4.78, 5) is 30.9. The number of fused-ring (bicyclic) bond motifs is 1. The lowest BCUT2D eigenvalue weighted by Crippen LogP contribution is -2.31. The first-order valence-corrected chi connectivity index (χ1v) is 10.0. The van der Waals surface area contributed by atoms with Gasteiger partial charge in [-0.25, -0.2) is 4.98 Å². The number of ether oxygens (including phenoxy) is 1. The molecule has 0 radical (unpaired) electrons. The van der Waals surface area contributed by atoms with Crippen molar-refractivity contribution in [3.63, 3.8) is 0 Å². The molecule has 0 spiro atoms. The molecular weight excluding hydrogens is 380 g/mol. The van der Waals surface area contributed by atoms with Crippen LogP contribution in [0.5, 0.6) is 0 Å². The van der Waals surface area contributed by atoms with E-state index in [1.165, 1.54) is 23.5 Å². The van der Waals surface area contributed by atoms with Gasteiger partial charge in [-0.3, -0.25) is 9.59 Å². The second-order valence-electron chi connectivity index (χ2n) is 6.33. The molecule has 0 atom stereocenters. The zero-order valence-electron chi connectivity index (χ0n) is 15.8. The first-order valence-electron chi connectivity index (χ1n) is 9.06. The lowest BCUT2D eigenvalue weighted by atomic mass is 10.2. The van der Waals surface area contributed by atoms with Crippen molar-refractivity contribution in [2.45, 2.75) is 24.7 Å². The van der Waals surface area contributed by atoms with Crippen LogP contribution in [0.15, 0.2) is 35.6 Å². The summed E-state index contributed by atoms with van der Waals surface area (Å²) < 4.78 is 6.55. The summed E-state index contributed by atoms with van der Waals surface area (Å²) in [6.07, 6.45) is 2.39. The highest BCUT2D eigenvalue weighted by Gasteiger charge is 2.24. The fourth-order valence-electron chi connectivity index (χ4n) is 3.10. The number of nitrogens with one attached hydrogen (secondary N) is 1. The molecule has 1 aliphatic heterocycles. The van der Waals surface area contributed by atoms with E-state index in [2.05, 4.69) is 10.3 Å². The Morgan fingerprint density at radius 2 is 2.18 bits per heavy atom. The van der Waals surface area contributed by atoms with Crippen molar-refractivity contribution < 1.29 is 19.4 Å². The second kappa shape index (κ2) is 9.72. The highest BCUT2D eigenvalue weighted by atomic mass is 32.2. The molecule has 0 saturated carbocycles. The fraction of sp³-hybridized carbons (Fsp3) is 0.421. The third-order valence-corrected chi connectivity index (χ3v) is 5.48. The van der Waals surface area contributed by atoms with Gasteiger partial charge in [0, 0.05) is 25.9 Å². The quantitative estimate of drug-likeness (QED) is 0.475. The summed E-state index contributed by atoms with van der Waals surface area (Å²) in [5, 5.41) is 12.8. The van der Waals surface area contributed by atoms with Crippen LogP contribution in [-0.2, 0) is 33.9 Å². The smallest absolute Gasteiger partial charge is 0.240 e. The maximum atomic E-state index is 12.7. The van der Waals surface area contributed by atoms with Crippen molar-refractivity contribution in [1.29, 1.82) is 0 Å². The van der Waals surface area contributed by atoms with E-state index in [0.717, 1.165) is 12.1 Å². The number of carbonyl (C=O) groups is 2. The van der Waals surface area contributed by atoms with Gasteiger partial charge in [-0.15, -0.1) is 0 Å². The van der Waals surface area contributed by atoms with Crippen LogP contribution in [0.25, 0.3) is 0 Å². The Hall–Kier alpha value is -2.36. The van der Waals surface area contributed by atoms with Crippen molar-refractivity contribution >= 4 is 29.3 Å². The molecule has 1 aromatic carbocycles. The number of rotatable bonds is 9. The number of amides is 2. The normalized spacial score (nSPS) is 12.9. The number of aromatic nitrogens is 2. The molecule has 0 saturated heterocycles. The summed E-state index contributed by atoms with van der Waals surface area (Å²) in [6, 6.07) is 7.91. The number of aliphatic hydroxyl groups excluding tert-OH is 1. The molecule has 0 unspecified atom stereocenters. The summed E-state index contributed by atoms with van der Waals surface area (Å²) in [6.45, 7) is 1.32. The Morgan fingerprint density at radius 3 is 2.96 bits per heavy atom. The van der Waals surface area contributed by atoms with Gasteiger partial charge in [-0.1, -0.05) is 30.0 Å². The summed E-state index contributed by atoms with van der Waals surface area (Å²) >= 11 is 1.27. The third-order valence-electron chi connectivity index (χ3n) is 4.51. The van der Waals surface area contributed by atoms with Crippen LogP contribution in [-0.4, -0.2) is 59.0 Å². The lowest BCUT2D eigenvalue weighted by Gasteiger charge is -2.17. The van der Waals surface area contributed by atoms with Crippen LogP contribution >= 0.6 is 11.8 Å². The van der Waals surface area contributed by atoms with E-state index in [4.69, 9.17) is 4.74 Å². The Bertz CT molecular complexity index is 839. The van der Waals surface area contributed by atoms with Crippen molar-refractivity contribution in [3.05, 3.63) is 41.7 Å². The molecule has 0 fully saturated rings. The van der Waals surface area contributed by atoms with Gasteiger partial charge in [0.2, 0.25) is 11.8 Å². The predicted molar refractivity (Wildman–Crippen MR) is 106 cm³/mol. The van der Waals surface area contributed by atoms with Crippen LogP contribution in [0.4, 0.5) is 5.69 Å². The highest BCUT2D eigenvalue weighted by Crippen LogP contribution is 2.29. The molecule has 2 amide bonds. The molecule has 2 aromatic rings. The number of nitrogens with zero attached hydrogens (tertiary/aromatic N) is 3. The van der Waals surface area contributed by atoms with Crippen LogP contribution in [0, 0.1) is 0 Å². The van der Waals surface area contributed by atoms with Crippen molar-refractivity contribution in [2.75, 3.05) is 37.5 Å². The van der Waals surface area contributed by atoms with Gasteiger partial charge in [0.25, 0.3) is 0 Å². The van der Waals surface area contributed by atoms with Gasteiger partial charge >= 0.3 is 0 Å². The average Bonchev–Trinajstić information content (AvgIpc) is 3.30. The largest absolute Gasteiger partial charge is 0.390 e. The molecule has 3 rings (SSSR count). The molecule has 0 bridgehead atoms. The number of carbonyl (C=O) groups excluding carboxylic acids is 2. The molecule has 8 nitrogen and oxygen atoms in total. The van der Waals surface area contributed by atoms with Crippen molar-refractivity contribution in [1.82, 2.24) is 14.9 Å². The molecule has 1 aliphatic rings. The third kappa shape index (κ3) is 4.73. The average molecular weight is 404 g/mol. The number of anilines is 1. The number of hydrogen-bond acceptors (Lipinski definition) is 6. The topological polar surface area (TPSA) is 96.7 Å². The molecule has 28 heavy (non-hydrogen) atoms. The standard InChI is InChI=1S/C19H24N4O4S/c1-27-9-7-20-17(25)11-23-15(12-24)10-21-19(23)28-13-18(26)22-8-6-14-4-2-3-5-16(14)22/h2-5,10,24H,6-9,11-13H2,1H3,(H,20,25). The zero-order chi connectivity index (χ0) is 19.9. The second-order valence-corrected chi connectivity index (χ2v) is 7.27. The van der Waals surface area contributed by atoms with Gasteiger partial charge in [0.05, 0.1) is 30.9 Å². The molecule has 9 heteroatoms. The minimum atomic E-state index is -0.230. The molecule has 2 heterocycles. The number of para-hydroxylation sites is 1. The molecule has 0 aliphatic carbocycles. The van der Waals surface area contributed by atoms with Crippen LogP contribution in [0.2, 0.25) is 0 Å². The van der Waals surface area contributed by atoms with Crippen molar-refractivity contribution in [2.24, 2.45) is 0 Å². The maximum Gasteiger partial charge on any atom is 0.240 e. The Morgan fingerprint density at radius 1 is 1.36 bits per heavy atom. The summed E-state index contributed by atoms with van der Waals surface area (Å²) in [5.41, 5.74) is 2.67. The number of methoxy groups -OCH3 is 1. The minimum Gasteiger partial charge on any atom is -0.390 e. The van der Waals surface area contributed by atoms with E-state index in [9.17, 15) is 14.7 Å². The predicted octanol–water partition coefficient (Wildman–Crippen LogP) is 0.819. The first-order chi connectivity index (χ1) is 13.6. The number of thioether (sulfide) groups is 1. The van der Waals surface area contributed by atoms with Gasteiger partial charge < -0.3 is 24.6 Å². The Kier molecular flexibility index (Phi) is 7.07. The van der Waals surface area contributed by atoms with E-state index in [0.29, 0.717) is 30.5 Å². The molecule has 150 valence electrons. The SMILES string of the molecule is COCCNC(=O)Cn1c(CO)cnc1SCC(=O)N1CCc2ccccc21. The van der Waals surface area contributed by atoms with Gasteiger partial charge in [-0.05, 0) is 18.1 Å². The van der Waals surface area contributed by atoms with E-state index in [-0.39, 0.29) is 30.7 Å². The molecular formula is C19H24N4O4S. The zero-order valence-corrected chi connectivity index (χ0v) is 16.6. The minimum absolute atomic E-state index is 0.000375. The fourth-order valence-corrected chi connectivity index (χ4v) is 3.97. The van der Waals surface area contributed by atoms with E-state index in [1.807, 2.05) is 24.3 Å². The first kappa shape index (κ1) is 20.4. The van der Waals surface area contributed by atoms with Crippen LogP contribution in [0.3, 0.4) is 0 Å². The van der Waals surface area contributed by atoms with Gasteiger partial charge in [0.15, 0.2) is 5.16 Å². The maximum absolute atomic E-state index is 12.7. The summed E-state index contributed by atoms with van der Waals surface area (Å²) in [7, 11) is 1.57. The van der Waals surface area contributed by atoms with E-state index >= 15 is 0 Å². The Labute approximate surface area is 167 Å². The van der Waals surface area contributed by atoms with Crippen LogP contribution < -0.4 is 10.2 Å². The highest BCUT2D eigenvalue weighted by molar-refractivity contribution is 7.99. The monoisotopic (exact) mass is 404 g/mol. The van der Waals surface area contributed by atoms with Gasteiger partial charge in [-0.2, -0.15) is 0 Å². The number of aliphatic hydroxyl groups is 1. The molecule has 2 N–H and O–H groups in total. The lowest BCUT2D eigenvalue weighted by molar-refractivity contribution is -0.122. The Balaban J connectivity index is 1.62. The number of hydrogen-bond donors (Lipinski definition) is 2. The summed E-state index contributed by atoms with van der Waals surface area (Å²) in [5.74, 6) is 0.00705. The van der Waals surface area contributed by atoms with E-state index in [1.54, 1.807) is 16.6 Å². The van der Waals surface area contributed by atoms with Crippen LogP contribution in [0.1, 0.15) is 11.3 Å². The number of benzene rings is 1. The van der Waals surface area contributed by atoms with Gasteiger partial charge in [0.1, 0.15) is 6.54 Å². The van der Waals surface area contributed by atoms with E-state index < -0.39 is 0 Å². The van der Waals surface area contributed by atoms with Crippen molar-refractivity contribution in [3.8, 4) is 0 Å². The number of imidazole rings is 1. The molecule has 1 aromatic heterocycles.